The van der Waals surface area contributed by atoms with Crippen molar-refractivity contribution in [1.82, 2.24) is 0 Å². The maximum atomic E-state index is 8.51. The van der Waals surface area contributed by atoms with E-state index in [1.54, 1.807) is 6.08 Å². The molecule has 0 aromatic carbocycles. The van der Waals surface area contributed by atoms with Gasteiger partial charge in [-0.05, 0) is 32.1 Å². The summed E-state index contributed by atoms with van der Waals surface area (Å²) >= 11 is 0. The van der Waals surface area contributed by atoms with Crippen LogP contribution in [0.3, 0.4) is 0 Å². The number of unbranched alkanes of at least 4 members (excludes halogenated alkanes) is 1. The smallest absolute Gasteiger partial charge is 0.0612 e. The maximum absolute atomic E-state index is 8.51. The molecule has 0 aliphatic rings. The molecule has 0 aliphatic carbocycles. The lowest BCUT2D eigenvalue weighted by molar-refractivity contribution is 0.342. The van der Waals surface area contributed by atoms with E-state index in [-0.39, 0.29) is 6.61 Å². The molecular weight excluding hydrogens is 196 g/mol. The summed E-state index contributed by atoms with van der Waals surface area (Å²) in [5.41, 5.74) is 0. The van der Waals surface area contributed by atoms with Gasteiger partial charge in [-0.15, -0.1) is 0 Å². The summed E-state index contributed by atoms with van der Waals surface area (Å²) < 4.78 is 0. The lowest BCUT2D eigenvalue weighted by Gasteiger charge is -1.86. The zero-order valence-electron chi connectivity index (χ0n) is 10.3. The van der Waals surface area contributed by atoms with Gasteiger partial charge in [-0.3, -0.25) is 0 Å². The van der Waals surface area contributed by atoms with Crippen molar-refractivity contribution in [3.63, 3.8) is 0 Å². The molecule has 1 heteroatoms. The van der Waals surface area contributed by atoms with Gasteiger partial charge in [0.1, 0.15) is 0 Å². The number of aliphatic hydroxyl groups excluding tert-OH is 1. The largest absolute Gasteiger partial charge is 0.392 e. The number of aliphatic hydroxyl groups is 1. The van der Waals surface area contributed by atoms with E-state index < -0.39 is 0 Å². The van der Waals surface area contributed by atoms with Crippen LogP contribution in [0, 0.1) is 0 Å². The maximum Gasteiger partial charge on any atom is 0.0612 e. The molecule has 0 rings (SSSR count). The summed E-state index contributed by atoms with van der Waals surface area (Å²) in [6.45, 7) is 2.30. The number of hydrogen-bond donors (Lipinski definition) is 1. The second kappa shape index (κ2) is 13.9. The molecule has 0 spiro atoms. The van der Waals surface area contributed by atoms with Crippen LogP contribution >= 0.6 is 0 Å². The van der Waals surface area contributed by atoms with Gasteiger partial charge in [0, 0.05) is 0 Å². The predicted octanol–water partition coefficient (Wildman–Crippen LogP) is 4.17. The van der Waals surface area contributed by atoms with Crippen LogP contribution in [0.5, 0.6) is 0 Å². The fourth-order valence-electron chi connectivity index (χ4n) is 1.21. The fourth-order valence-corrected chi connectivity index (χ4v) is 1.21. The van der Waals surface area contributed by atoms with E-state index in [9.17, 15) is 0 Å². The zero-order valence-corrected chi connectivity index (χ0v) is 10.3. The first-order valence-corrected chi connectivity index (χ1v) is 6.12. The molecule has 1 N–H and O–H groups in total. The second-order valence-electron chi connectivity index (χ2n) is 3.53. The van der Waals surface area contributed by atoms with Gasteiger partial charge < -0.3 is 5.11 Å². The molecule has 90 valence electrons. The normalized spacial score (nSPS) is 12.9. The zero-order chi connectivity index (χ0) is 11.9. The Morgan fingerprint density at radius 2 is 1.19 bits per heavy atom. The highest BCUT2D eigenvalue weighted by Gasteiger charge is 1.76. The Labute approximate surface area is 99.9 Å². The lowest BCUT2D eigenvalue weighted by atomic mass is 10.2. The third-order valence-electron chi connectivity index (χ3n) is 2.05. The van der Waals surface area contributed by atoms with Crippen molar-refractivity contribution in [2.75, 3.05) is 6.61 Å². The fraction of sp³-hybridized carbons (Fsp3) is 0.467. The van der Waals surface area contributed by atoms with Crippen LogP contribution < -0.4 is 0 Å². The Bertz CT molecular complexity index is 234. The van der Waals surface area contributed by atoms with Crippen molar-refractivity contribution in [1.29, 1.82) is 0 Å². The van der Waals surface area contributed by atoms with Crippen LogP contribution in [0.2, 0.25) is 0 Å². The van der Waals surface area contributed by atoms with Crippen LogP contribution in [0.25, 0.3) is 0 Å². The monoisotopic (exact) mass is 220 g/mol. The van der Waals surface area contributed by atoms with Crippen LogP contribution in [0.4, 0.5) is 0 Å². The minimum atomic E-state index is 0.151. The standard InChI is InChI=1S/C15H24O/c1-2-3-4-5-6-7-8-9-10-11-12-13-14-15-16/h3-4,6-7,9-10,13-14,16H,2,5,8,11-12,15H2,1H3. The Morgan fingerprint density at radius 1 is 0.688 bits per heavy atom. The van der Waals surface area contributed by atoms with Crippen LogP contribution in [-0.2, 0) is 0 Å². The third kappa shape index (κ3) is 12.9. The van der Waals surface area contributed by atoms with E-state index in [0.717, 1.165) is 32.1 Å². The molecule has 0 fully saturated rings. The molecule has 0 unspecified atom stereocenters. The molecule has 0 aromatic heterocycles. The molecule has 0 atom stereocenters. The van der Waals surface area contributed by atoms with Crippen molar-refractivity contribution in [3.05, 3.63) is 48.6 Å². The highest BCUT2D eigenvalue weighted by molar-refractivity contribution is 4.97. The topological polar surface area (TPSA) is 20.2 Å². The molecule has 0 amide bonds. The summed E-state index contributed by atoms with van der Waals surface area (Å²) in [7, 11) is 0. The van der Waals surface area contributed by atoms with E-state index in [2.05, 4.69) is 43.4 Å². The summed E-state index contributed by atoms with van der Waals surface area (Å²) in [6, 6.07) is 0. The molecular formula is C15H24O. The molecule has 0 bridgehead atoms. The van der Waals surface area contributed by atoms with Gasteiger partial charge in [-0.25, -0.2) is 0 Å². The first kappa shape index (κ1) is 14.9. The summed E-state index contributed by atoms with van der Waals surface area (Å²) in [5, 5.41) is 8.51. The predicted molar refractivity (Wildman–Crippen MR) is 72.4 cm³/mol. The molecule has 0 heterocycles. The Balaban J connectivity index is 3.33. The lowest BCUT2D eigenvalue weighted by Crippen LogP contribution is -1.71. The molecule has 0 aromatic rings. The van der Waals surface area contributed by atoms with E-state index in [1.807, 2.05) is 6.08 Å². The van der Waals surface area contributed by atoms with Gasteiger partial charge in [0.25, 0.3) is 0 Å². The average molecular weight is 220 g/mol. The van der Waals surface area contributed by atoms with E-state index in [0.29, 0.717) is 0 Å². The number of allylic oxidation sites excluding steroid dienone is 7. The van der Waals surface area contributed by atoms with Crippen molar-refractivity contribution in [3.8, 4) is 0 Å². The van der Waals surface area contributed by atoms with Gasteiger partial charge in [-0.1, -0.05) is 55.5 Å². The SMILES string of the molecule is CCC=CCC=CCC=CCCC=CCO. The Morgan fingerprint density at radius 3 is 1.75 bits per heavy atom. The highest BCUT2D eigenvalue weighted by Crippen LogP contribution is 1.96. The highest BCUT2D eigenvalue weighted by atomic mass is 16.2. The van der Waals surface area contributed by atoms with Crippen molar-refractivity contribution in [2.45, 2.75) is 39.0 Å². The molecule has 1 nitrogen and oxygen atoms in total. The van der Waals surface area contributed by atoms with Gasteiger partial charge >= 0.3 is 0 Å². The summed E-state index contributed by atoms with van der Waals surface area (Å²) in [4.78, 5) is 0. The Hall–Kier alpha value is -1.08. The quantitative estimate of drug-likeness (QED) is 0.456. The molecule has 0 saturated heterocycles. The number of rotatable bonds is 9. The van der Waals surface area contributed by atoms with Crippen molar-refractivity contribution >= 4 is 0 Å². The minimum absolute atomic E-state index is 0.151. The minimum Gasteiger partial charge on any atom is -0.392 e. The van der Waals surface area contributed by atoms with Gasteiger partial charge in [0.05, 0.1) is 6.61 Å². The first-order chi connectivity index (χ1) is 7.91. The molecule has 0 radical (unpaired) electrons. The van der Waals surface area contributed by atoms with E-state index >= 15 is 0 Å². The van der Waals surface area contributed by atoms with Crippen molar-refractivity contribution in [2.24, 2.45) is 0 Å². The second-order valence-corrected chi connectivity index (χ2v) is 3.53. The first-order valence-electron chi connectivity index (χ1n) is 6.12. The van der Waals surface area contributed by atoms with Gasteiger partial charge in [0.2, 0.25) is 0 Å². The third-order valence-corrected chi connectivity index (χ3v) is 2.05. The molecule has 0 aliphatic heterocycles. The average Bonchev–Trinajstić information content (AvgIpc) is 2.31. The van der Waals surface area contributed by atoms with Gasteiger partial charge in [0.15, 0.2) is 0 Å². The number of hydrogen-bond acceptors (Lipinski definition) is 1. The Kier molecular flexibility index (Phi) is 13.0. The molecule has 16 heavy (non-hydrogen) atoms. The van der Waals surface area contributed by atoms with E-state index in [1.165, 1.54) is 0 Å². The summed E-state index contributed by atoms with van der Waals surface area (Å²) in [6.07, 6.45) is 22.2. The van der Waals surface area contributed by atoms with E-state index in [4.69, 9.17) is 5.11 Å². The summed E-state index contributed by atoms with van der Waals surface area (Å²) in [5.74, 6) is 0. The van der Waals surface area contributed by atoms with Crippen LogP contribution in [0.1, 0.15) is 39.0 Å². The van der Waals surface area contributed by atoms with Crippen LogP contribution in [0.15, 0.2) is 48.6 Å². The van der Waals surface area contributed by atoms with Crippen molar-refractivity contribution < 1.29 is 5.11 Å². The van der Waals surface area contributed by atoms with Gasteiger partial charge in [-0.2, -0.15) is 0 Å². The van der Waals surface area contributed by atoms with Crippen LogP contribution in [-0.4, -0.2) is 11.7 Å². The molecule has 0 saturated carbocycles.